The lowest BCUT2D eigenvalue weighted by atomic mass is 9.91. The van der Waals surface area contributed by atoms with Gasteiger partial charge in [-0.05, 0) is 41.8 Å². The molecule has 0 amide bonds. The number of nitrogens with zero attached hydrogens (tertiary/aromatic N) is 2. The van der Waals surface area contributed by atoms with Gasteiger partial charge in [0.15, 0.2) is 11.5 Å². The fraction of sp³-hybridized carbons (Fsp3) is 0.348. The number of carbonyl (C=O) groups excluding carboxylic acids is 1. The average Bonchev–Trinajstić information content (AvgIpc) is 3.41. The van der Waals surface area contributed by atoms with Crippen LogP contribution in [-0.4, -0.2) is 36.2 Å². The van der Waals surface area contributed by atoms with Crippen LogP contribution in [0.3, 0.4) is 0 Å². The maximum absolute atomic E-state index is 12.5. The van der Waals surface area contributed by atoms with E-state index in [4.69, 9.17) is 14.2 Å². The minimum atomic E-state index is -0.329. The molecule has 0 saturated heterocycles. The molecule has 1 N–H and O–H groups in total. The molecule has 0 atom stereocenters. The summed E-state index contributed by atoms with van der Waals surface area (Å²) in [5, 5.41) is 5.20. The van der Waals surface area contributed by atoms with E-state index in [1.807, 2.05) is 18.2 Å². The zero-order valence-electron chi connectivity index (χ0n) is 17.0. The molecular weight excluding hydrogens is 382 g/mol. The van der Waals surface area contributed by atoms with E-state index < -0.39 is 0 Å². The second kappa shape index (κ2) is 7.48. The van der Waals surface area contributed by atoms with Gasteiger partial charge < -0.3 is 19.5 Å². The third kappa shape index (κ3) is 3.10. The standard InChI is InChI=1S/C23H23N3O4/c1-28-18-8-13-7-14-12-30-22(27)21(14)20(17(13)9-19(18)29-2)15-10-24-23(25-11-15)26-16-5-3-4-6-16/h7-11,16H,3-6,12H2,1-2H3,(H,24,25,26). The Bertz CT molecular complexity index is 1120. The van der Waals surface area contributed by atoms with Gasteiger partial charge in [0.25, 0.3) is 0 Å². The summed E-state index contributed by atoms with van der Waals surface area (Å²) in [5.41, 5.74) is 2.94. The van der Waals surface area contributed by atoms with Crippen LogP contribution in [0.1, 0.15) is 41.6 Å². The fourth-order valence-corrected chi connectivity index (χ4v) is 4.43. The summed E-state index contributed by atoms with van der Waals surface area (Å²) in [6, 6.07) is 6.21. The first kappa shape index (κ1) is 18.7. The highest BCUT2D eigenvalue weighted by molar-refractivity contribution is 6.11. The molecule has 2 aliphatic rings. The lowest BCUT2D eigenvalue weighted by Gasteiger charge is -2.15. The number of methoxy groups -OCH3 is 2. The maximum Gasteiger partial charge on any atom is 0.339 e. The number of fused-ring (bicyclic) bond motifs is 2. The predicted molar refractivity (Wildman–Crippen MR) is 113 cm³/mol. The number of rotatable bonds is 5. The topological polar surface area (TPSA) is 82.6 Å². The van der Waals surface area contributed by atoms with Crippen molar-refractivity contribution in [2.45, 2.75) is 38.3 Å². The van der Waals surface area contributed by atoms with Crippen LogP contribution in [0.15, 0.2) is 30.6 Å². The molecule has 1 fully saturated rings. The Morgan fingerprint density at radius 3 is 2.40 bits per heavy atom. The first-order valence-electron chi connectivity index (χ1n) is 10.2. The number of carbonyl (C=O) groups is 1. The van der Waals surface area contributed by atoms with Gasteiger partial charge in [0.1, 0.15) is 6.61 Å². The number of benzene rings is 2. The Labute approximate surface area is 174 Å². The molecule has 2 heterocycles. The van der Waals surface area contributed by atoms with E-state index in [9.17, 15) is 4.79 Å². The first-order chi connectivity index (χ1) is 14.7. The van der Waals surface area contributed by atoms with Crippen molar-refractivity contribution in [3.63, 3.8) is 0 Å². The number of hydrogen-bond acceptors (Lipinski definition) is 7. The van der Waals surface area contributed by atoms with E-state index in [0.29, 0.717) is 29.1 Å². The van der Waals surface area contributed by atoms with Gasteiger partial charge in [0, 0.05) is 35.1 Å². The van der Waals surface area contributed by atoms with Gasteiger partial charge in [-0.1, -0.05) is 12.8 Å². The lowest BCUT2D eigenvalue weighted by Crippen LogP contribution is -2.16. The normalized spacial score (nSPS) is 15.9. The van der Waals surface area contributed by atoms with Crippen molar-refractivity contribution in [3.05, 3.63) is 41.7 Å². The molecule has 7 nitrogen and oxygen atoms in total. The van der Waals surface area contributed by atoms with Crippen molar-refractivity contribution >= 4 is 22.7 Å². The molecule has 1 aromatic heterocycles. The number of hydrogen-bond donors (Lipinski definition) is 1. The van der Waals surface area contributed by atoms with Crippen LogP contribution >= 0.6 is 0 Å². The van der Waals surface area contributed by atoms with Crippen LogP contribution in [-0.2, 0) is 11.3 Å². The molecular formula is C23H23N3O4. The van der Waals surface area contributed by atoms with Gasteiger partial charge in [-0.2, -0.15) is 0 Å². The van der Waals surface area contributed by atoms with Gasteiger partial charge >= 0.3 is 5.97 Å². The van der Waals surface area contributed by atoms with Gasteiger partial charge in [-0.25, -0.2) is 14.8 Å². The zero-order chi connectivity index (χ0) is 20.7. The molecule has 0 unspecified atom stereocenters. The SMILES string of the molecule is COc1cc2cc3c(c(-c4cnc(NC5CCCC5)nc4)c2cc1OC)C(=O)OC3. The van der Waals surface area contributed by atoms with Crippen LogP contribution in [0.5, 0.6) is 11.5 Å². The quantitative estimate of drug-likeness (QED) is 0.632. The molecule has 30 heavy (non-hydrogen) atoms. The number of ether oxygens (including phenoxy) is 3. The molecule has 1 saturated carbocycles. The molecule has 1 aliphatic carbocycles. The number of cyclic esters (lactones) is 1. The van der Waals surface area contributed by atoms with E-state index in [2.05, 4.69) is 15.3 Å². The summed E-state index contributed by atoms with van der Waals surface area (Å²) >= 11 is 0. The predicted octanol–water partition coefficient (Wildman–Crippen LogP) is 4.34. The van der Waals surface area contributed by atoms with Crippen LogP contribution in [0, 0.1) is 0 Å². The number of aromatic nitrogens is 2. The highest BCUT2D eigenvalue weighted by Gasteiger charge is 2.28. The van der Waals surface area contributed by atoms with Crippen molar-refractivity contribution in [2.24, 2.45) is 0 Å². The number of nitrogens with one attached hydrogen (secondary N) is 1. The molecule has 0 spiro atoms. The lowest BCUT2D eigenvalue weighted by molar-refractivity contribution is 0.0535. The molecule has 3 aromatic rings. The van der Waals surface area contributed by atoms with E-state index in [0.717, 1.165) is 40.3 Å². The molecule has 7 heteroatoms. The third-order valence-corrected chi connectivity index (χ3v) is 5.92. The summed E-state index contributed by atoms with van der Waals surface area (Å²) in [6.07, 6.45) is 8.31. The Morgan fingerprint density at radius 1 is 1.00 bits per heavy atom. The zero-order valence-corrected chi connectivity index (χ0v) is 17.0. The summed E-state index contributed by atoms with van der Waals surface area (Å²) in [5.74, 6) is 1.51. The van der Waals surface area contributed by atoms with Gasteiger partial charge in [-0.15, -0.1) is 0 Å². The van der Waals surface area contributed by atoms with E-state index in [-0.39, 0.29) is 12.6 Å². The number of anilines is 1. The highest BCUT2D eigenvalue weighted by atomic mass is 16.5. The van der Waals surface area contributed by atoms with Crippen LogP contribution in [0.2, 0.25) is 0 Å². The minimum Gasteiger partial charge on any atom is -0.493 e. The molecule has 0 radical (unpaired) electrons. The van der Waals surface area contributed by atoms with Crippen molar-refractivity contribution in [2.75, 3.05) is 19.5 Å². The largest absolute Gasteiger partial charge is 0.493 e. The first-order valence-corrected chi connectivity index (χ1v) is 10.2. The monoisotopic (exact) mass is 405 g/mol. The average molecular weight is 405 g/mol. The molecule has 2 aromatic carbocycles. The van der Waals surface area contributed by atoms with E-state index >= 15 is 0 Å². The highest BCUT2D eigenvalue weighted by Crippen LogP contribution is 2.42. The second-order valence-electron chi connectivity index (χ2n) is 7.71. The molecule has 5 rings (SSSR count). The van der Waals surface area contributed by atoms with Crippen LogP contribution < -0.4 is 14.8 Å². The van der Waals surface area contributed by atoms with Crippen molar-refractivity contribution in [1.82, 2.24) is 9.97 Å². The number of esters is 1. The van der Waals surface area contributed by atoms with Crippen LogP contribution in [0.4, 0.5) is 5.95 Å². The Hall–Kier alpha value is -3.35. The molecule has 0 bridgehead atoms. The Morgan fingerprint density at radius 2 is 1.70 bits per heavy atom. The summed E-state index contributed by atoms with van der Waals surface area (Å²) in [4.78, 5) is 21.6. The molecule has 1 aliphatic heterocycles. The van der Waals surface area contributed by atoms with Crippen molar-refractivity contribution in [1.29, 1.82) is 0 Å². The fourth-order valence-electron chi connectivity index (χ4n) is 4.43. The summed E-state index contributed by atoms with van der Waals surface area (Å²) in [6.45, 7) is 0.258. The van der Waals surface area contributed by atoms with E-state index in [1.165, 1.54) is 12.8 Å². The van der Waals surface area contributed by atoms with E-state index in [1.54, 1.807) is 26.6 Å². The third-order valence-electron chi connectivity index (χ3n) is 5.92. The summed E-state index contributed by atoms with van der Waals surface area (Å²) in [7, 11) is 3.20. The van der Waals surface area contributed by atoms with Crippen molar-refractivity contribution in [3.8, 4) is 22.6 Å². The van der Waals surface area contributed by atoms with Crippen molar-refractivity contribution < 1.29 is 19.0 Å². The maximum atomic E-state index is 12.5. The molecule has 154 valence electrons. The van der Waals surface area contributed by atoms with Gasteiger partial charge in [0.05, 0.1) is 19.8 Å². The Kier molecular flexibility index (Phi) is 4.65. The second-order valence-corrected chi connectivity index (χ2v) is 7.71. The smallest absolute Gasteiger partial charge is 0.339 e. The summed E-state index contributed by atoms with van der Waals surface area (Å²) < 4.78 is 16.3. The van der Waals surface area contributed by atoms with Crippen LogP contribution in [0.25, 0.3) is 21.9 Å². The van der Waals surface area contributed by atoms with Gasteiger partial charge in [-0.3, -0.25) is 0 Å². The minimum absolute atomic E-state index is 0.258. The Balaban J connectivity index is 1.65. The van der Waals surface area contributed by atoms with Gasteiger partial charge in [0.2, 0.25) is 5.95 Å².